The Kier molecular flexibility index (Phi) is 13.9. The molecule has 2 aliphatic carbocycles. The van der Waals surface area contributed by atoms with Gasteiger partial charge in [0, 0.05) is 10.2 Å². The van der Waals surface area contributed by atoms with E-state index in [4.69, 9.17) is 18.9 Å². The molecule has 0 saturated carbocycles. The number of rotatable bonds is 7. The van der Waals surface area contributed by atoms with Crippen LogP contribution in [0.4, 0.5) is 9.59 Å². The molecular formula is C35H59NO7S. The maximum atomic E-state index is 13.2. The van der Waals surface area contributed by atoms with Crippen molar-refractivity contribution in [2.24, 2.45) is 11.3 Å². The summed E-state index contributed by atoms with van der Waals surface area (Å²) in [5, 5.41) is 2.82. The zero-order valence-corrected chi connectivity index (χ0v) is 29.9. The molecule has 0 saturated heterocycles. The molecule has 0 radical (unpaired) electrons. The number of amides is 1. The molecule has 9 heteroatoms. The number of hydrogen-bond donors (Lipinski definition) is 1. The molecule has 1 amide bonds. The van der Waals surface area contributed by atoms with Gasteiger partial charge >= 0.3 is 11.5 Å². The monoisotopic (exact) mass is 637 g/mol. The predicted octanol–water partition coefficient (Wildman–Crippen LogP) is 8.91. The molecule has 0 heterocycles. The van der Waals surface area contributed by atoms with Crippen molar-refractivity contribution in [1.29, 1.82) is 0 Å². The van der Waals surface area contributed by atoms with Crippen LogP contribution in [0.15, 0.2) is 24.3 Å². The summed E-state index contributed by atoms with van der Waals surface area (Å²) in [6, 6.07) is -0.403. The van der Waals surface area contributed by atoms with Gasteiger partial charge in [0.05, 0.1) is 17.7 Å². The zero-order valence-electron chi connectivity index (χ0n) is 29.1. The average Bonchev–Trinajstić information content (AvgIpc) is 2.80. The minimum atomic E-state index is -0.760. The van der Waals surface area contributed by atoms with E-state index in [9.17, 15) is 14.4 Å². The summed E-state index contributed by atoms with van der Waals surface area (Å²) < 4.78 is 23.0. The number of allylic oxidation sites excluding steroid dienone is 2. The van der Waals surface area contributed by atoms with Crippen LogP contribution in [0.1, 0.15) is 128 Å². The van der Waals surface area contributed by atoms with Gasteiger partial charge in [0.25, 0.3) is 0 Å². The van der Waals surface area contributed by atoms with Crippen molar-refractivity contribution in [3.8, 4) is 0 Å². The van der Waals surface area contributed by atoms with E-state index >= 15 is 0 Å². The first-order valence-corrected chi connectivity index (χ1v) is 17.1. The number of carbonyl (C=O) groups excluding carboxylic acids is 3. The lowest BCUT2D eigenvalue weighted by Crippen LogP contribution is -2.49. The molecule has 0 aromatic carbocycles. The van der Waals surface area contributed by atoms with Crippen molar-refractivity contribution in [3.05, 3.63) is 24.3 Å². The highest BCUT2D eigenvalue weighted by Gasteiger charge is 2.35. The first-order valence-electron chi connectivity index (χ1n) is 16.2. The smallest absolute Gasteiger partial charge is 0.447 e. The molecule has 0 fully saturated rings. The summed E-state index contributed by atoms with van der Waals surface area (Å²) in [5.41, 5.74) is -1.61. The van der Waals surface area contributed by atoms with E-state index in [0.717, 1.165) is 44.9 Å². The number of carbonyl (C=O) groups is 3. The van der Waals surface area contributed by atoms with Crippen LogP contribution in [0.5, 0.6) is 0 Å². The highest BCUT2D eigenvalue weighted by atomic mass is 32.2. The highest BCUT2D eigenvalue weighted by Crippen LogP contribution is 2.37. The van der Waals surface area contributed by atoms with Crippen molar-refractivity contribution < 1.29 is 33.3 Å². The summed E-state index contributed by atoms with van der Waals surface area (Å²) >= 11 is 1.23. The van der Waals surface area contributed by atoms with Gasteiger partial charge < -0.3 is 24.3 Å². The van der Waals surface area contributed by atoms with Gasteiger partial charge in [-0.05, 0) is 116 Å². The molecule has 0 bridgehead atoms. The Hall–Kier alpha value is -2.00. The van der Waals surface area contributed by atoms with Crippen molar-refractivity contribution in [1.82, 2.24) is 5.32 Å². The lowest BCUT2D eigenvalue weighted by Gasteiger charge is -2.34. The van der Waals surface area contributed by atoms with E-state index in [1.807, 2.05) is 59.8 Å². The van der Waals surface area contributed by atoms with E-state index in [1.54, 1.807) is 20.8 Å². The molecule has 0 spiro atoms. The number of ether oxygens (including phenoxy) is 4. The van der Waals surface area contributed by atoms with Crippen molar-refractivity contribution >= 4 is 29.1 Å². The van der Waals surface area contributed by atoms with Crippen LogP contribution in [0.3, 0.4) is 0 Å². The third-order valence-electron chi connectivity index (χ3n) is 7.38. The zero-order chi connectivity index (χ0) is 33.3. The fourth-order valence-corrected chi connectivity index (χ4v) is 6.32. The molecule has 0 aromatic heterocycles. The molecule has 0 aliphatic heterocycles. The SMILES string of the molecule is CC(C)(C)OC(=O)OC1/C=C/CC(CC(C)(C)SC(=O)OC2/C=C/CCCCC2OC(C)(C)C)CCC1NC(=O)C(C)(C)C. The van der Waals surface area contributed by atoms with Crippen molar-refractivity contribution in [2.45, 2.75) is 168 Å². The first kappa shape index (κ1) is 38.2. The van der Waals surface area contributed by atoms with E-state index in [2.05, 4.69) is 25.2 Å². The Bertz CT molecular complexity index is 1020. The van der Waals surface area contributed by atoms with E-state index in [-0.39, 0.29) is 33.6 Å². The standard InChI is InChI=1S/C35H59NO7S/c1-32(2,3)29(37)36-25-22-21-24(17-16-20-26(25)40-30(38)43-34(7,8)9)23-35(10,11)44-31(39)41-27-18-14-12-13-15-19-28(27)42-33(4,5)6/h14,16,18,20,24-28H,12-13,15,17,19,21-23H2,1-11H3,(H,36,37)/b18-14+,20-16+. The summed E-state index contributed by atoms with van der Waals surface area (Å²) in [6.45, 7) is 21.2. The van der Waals surface area contributed by atoms with Crippen LogP contribution in [0.25, 0.3) is 0 Å². The topological polar surface area (TPSA) is 100 Å². The first-order chi connectivity index (χ1) is 20.1. The van der Waals surface area contributed by atoms with Gasteiger partial charge in [-0.25, -0.2) is 9.59 Å². The Morgan fingerprint density at radius 2 is 1.45 bits per heavy atom. The fraction of sp³-hybridized carbons (Fsp3) is 0.800. The molecule has 0 aromatic rings. The lowest BCUT2D eigenvalue weighted by molar-refractivity contribution is -0.130. The van der Waals surface area contributed by atoms with Crippen LogP contribution >= 0.6 is 11.8 Å². The molecule has 5 atom stereocenters. The molecule has 252 valence electrons. The molecule has 44 heavy (non-hydrogen) atoms. The third-order valence-corrected chi connectivity index (χ3v) is 8.36. The van der Waals surface area contributed by atoms with Gasteiger partial charge in [-0.1, -0.05) is 53.2 Å². The summed E-state index contributed by atoms with van der Waals surface area (Å²) in [4.78, 5) is 38.7. The van der Waals surface area contributed by atoms with E-state index in [1.165, 1.54) is 11.8 Å². The molecule has 2 aliphatic rings. The Labute approximate surface area is 270 Å². The third kappa shape index (κ3) is 14.9. The van der Waals surface area contributed by atoms with Gasteiger partial charge in [-0.2, -0.15) is 0 Å². The minimum Gasteiger partial charge on any atom is -0.447 e. The summed E-state index contributed by atoms with van der Waals surface area (Å²) in [7, 11) is 0. The largest absolute Gasteiger partial charge is 0.509 e. The Balaban J connectivity index is 2.10. The Morgan fingerprint density at radius 1 is 0.795 bits per heavy atom. The number of nitrogens with one attached hydrogen (secondary N) is 1. The second kappa shape index (κ2) is 16.0. The highest BCUT2D eigenvalue weighted by molar-refractivity contribution is 8.14. The second-order valence-electron chi connectivity index (χ2n) is 15.9. The summed E-state index contributed by atoms with van der Waals surface area (Å²) in [6.07, 6.45) is 12.9. The van der Waals surface area contributed by atoms with Crippen molar-refractivity contribution in [2.75, 3.05) is 0 Å². The molecule has 2 rings (SSSR count). The number of thioether (sulfide) groups is 1. The van der Waals surface area contributed by atoms with Gasteiger partial charge in [0.1, 0.15) is 17.8 Å². The van der Waals surface area contributed by atoms with Gasteiger partial charge in [-0.3, -0.25) is 4.79 Å². The minimum absolute atomic E-state index is 0.110. The van der Waals surface area contributed by atoms with Crippen LogP contribution < -0.4 is 5.32 Å². The lowest BCUT2D eigenvalue weighted by atomic mass is 9.85. The average molecular weight is 638 g/mol. The second-order valence-corrected chi connectivity index (χ2v) is 17.5. The van der Waals surface area contributed by atoms with Gasteiger partial charge in [0.2, 0.25) is 5.91 Å². The molecule has 1 N–H and O–H groups in total. The van der Waals surface area contributed by atoms with Gasteiger partial charge in [-0.15, -0.1) is 0 Å². The summed E-state index contributed by atoms with van der Waals surface area (Å²) in [5.74, 6) is 0.151. The molecule has 5 unspecified atom stereocenters. The molecular weight excluding hydrogens is 578 g/mol. The molecule has 8 nitrogen and oxygen atoms in total. The predicted molar refractivity (Wildman–Crippen MR) is 178 cm³/mol. The fourth-order valence-electron chi connectivity index (χ4n) is 5.39. The maximum absolute atomic E-state index is 13.2. The normalized spacial score (nSPS) is 27.0. The number of hydrogen-bond acceptors (Lipinski definition) is 8. The van der Waals surface area contributed by atoms with E-state index < -0.39 is 35.4 Å². The maximum Gasteiger partial charge on any atom is 0.509 e. The van der Waals surface area contributed by atoms with Crippen LogP contribution in [0, 0.1) is 11.3 Å². The van der Waals surface area contributed by atoms with Gasteiger partial charge in [0.15, 0.2) is 0 Å². The Morgan fingerprint density at radius 3 is 2.07 bits per heavy atom. The van der Waals surface area contributed by atoms with Crippen LogP contribution in [0.2, 0.25) is 0 Å². The van der Waals surface area contributed by atoms with E-state index in [0.29, 0.717) is 6.42 Å². The van der Waals surface area contributed by atoms with Crippen LogP contribution in [-0.2, 0) is 23.7 Å². The quantitative estimate of drug-likeness (QED) is 0.218. The van der Waals surface area contributed by atoms with Crippen molar-refractivity contribution in [3.63, 3.8) is 0 Å². The van der Waals surface area contributed by atoms with Crippen LogP contribution in [-0.4, -0.2) is 57.7 Å².